The van der Waals surface area contributed by atoms with E-state index in [1.165, 1.54) is 23.1 Å². The van der Waals surface area contributed by atoms with Crippen LogP contribution in [0.5, 0.6) is 0 Å². The standard InChI is InChI=1S/C33H21F3/c1-32(33(34,35)36)29-9-5-4-8-26(29)27-17-16-24(19-30(27)32)23-15-12-21-11-14-22-13-10-20-6-2-3-7-25(20)31(22)28(21)18-23/h2-19H,1H3. The Morgan fingerprint density at radius 3 is 1.92 bits per heavy atom. The van der Waals surface area contributed by atoms with E-state index in [2.05, 4.69) is 48.5 Å². The smallest absolute Gasteiger partial charge is 0.170 e. The van der Waals surface area contributed by atoms with Crippen molar-refractivity contribution in [3.63, 3.8) is 0 Å². The maximum Gasteiger partial charge on any atom is 0.402 e. The van der Waals surface area contributed by atoms with Gasteiger partial charge in [-0.05, 0) is 84.8 Å². The van der Waals surface area contributed by atoms with Gasteiger partial charge in [-0.25, -0.2) is 0 Å². The third kappa shape index (κ3) is 2.77. The first kappa shape index (κ1) is 21.2. The molecule has 0 radical (unpaired) electrons. The number of hydrogen-bond donors (Lipinski definition) is 0. The minimum Gasteiger partial charge on any atom is -0.170 e. The molecule has 0 amide bonds. The van der Waals surface area contributed by atoms with Crippen LogP contribution in [0.4, 0.5) is 13.2 Å². The zero-order valence-electron chi connectivity index (χ0n) is 19.5. The highest BCUT2D eigenvalue weighted by Gasteiger charge is 2.58. The van der Waals surface area contributed by atoms with Crippen LogP contribution in [0.15, 0.2) is 109 Å². The third-order valence-corrected chi connectivity index (χ3v) is 7.94. The van der Waals surface area contributed by atoms with E-state index in [1.54, 1.807) is 30.3 Å². The van der Waals surface area contributed by atoms with Gasteiger partial charge < -0.3 is 0 Å². The highest BCUT2D eigenvalue weighted by molar-refractivity contribution is 6.20. The van der Waals surface area contributed by atoms with Crippen LogP contribution in [-0.2, 0) is 5.41 Å². The van der Waals surface area contributed by atoms with E-state index in [9.17, 15) is 13.2 Å². The minimum absolute atomic E-state index is 0.317. The molecule has 0 nitrogen and oxygen atoms in total. The molecule has 36 heavy (non-hydrogen) atoms. The Morgan fingerprint density at radius 2 is 1.11 bits per heavy atom. The lowest BCUT2D eigenvalue weighted by Gasteiger charge is -2.30. The van der Waals surface area contributed by atoms with E-state index in [0.29, 0.717) is 22.3 Å². The van der Waals surface area contributed by atoms with Gasteiger partial charge in [-0.15, -0.1) is 0 Å². The van der Waals surface area contributed by atoms with Gasteiger partial charge in [-0.1, -0.05) is 97.1 Å². The van der Waals surface area contributed by atoms with Gasteiger partial charge >= 0.3 is 6.18 Å². The number of alkyl halides is 3. The molecular weight excluding hydrogens is 453 g/mol. The highest BCUT2D eigenvalue weighted by Crippen LogP contribution is 2.56. The van der Waals surface area contributed by atoms with Gasteiger partial charge in [0, 0.05) is 0 Å². The summed E-state index contributed by atoms with van der Waals surface area (Å²) in [6.07, 6.45) is -4.41. The fourth-order valence-electron chi connectivity index (χ4n) is 5.98. The summed E-state index contributed by atoms with van der Waals surface area (Å²) in [5, 5.41) is 6.86. The lowest BCUT2D eigenvalue weighted by molar-refractivity contribution is -0.172. The van der Waals surface area contributed by atoms with Crippen LogP contribution in [0.2, 0.25) is 0 Å². The highest BCUT2D eigenvalue weighted by atomic mass is 19.4. The summed E-state index contributed by atoms with van der Waals surface area (Å²) in [7, 11) is 0. The molecule has 174 valence electrons. The van der Waals surface area contributed by atoms with Crippen molar-refractivity contribution in [1.29, 1.82) is 0 Å². The van der Waals surface area contributed by atoms with Crippen molar-refractivity contribution < 1.29 is 13.2 Å². The van der Waals surface area contributed by atoms with Gasteiger partial charge in [-0.2, -0.15) is 13.2 Å². The molecule has 6 aromatic rings. The van der Waals surface area contributed by atoms with Crippen molar-refractivity contribution in [1.82, 2.24) is 0 Å². The Hall–Kier alpha value is -4.11. The zero-order chi connectivity index (χ0) is 24.7. The van der Waals surface area contributed by atoms with Crippen LogP contribution in [0.1, 0.15) is 18.1 Å². The normalized spacial score (nSPS) is 17.0. The molecule has 0 aromatic heterocycles. The fraction of sp³-hybridized carbons (Fsp3) is 0.0909. The molecule has 0 bridgehead atoms. The molecule has 0 N–H and O–H groups in total. The summed E-state index contributed by atoms with van der Waals surface area (Å²) >= 11 is 0. The first-order valence-corrected chi connectivity index (χ1v) is 12.0. The third-order valence-electron chi connectivity index (χ3n) is 7.94. The molecular formula is C33H21F3. The van der Waals surface area contributed by atoms with E-state index in [4.69, 9.17) is 0 Å². The number of rotatable bonds is 1. The summed E-state index contributed by atoms with van der Waals surface area (Å²) < 4.78 is 43.7. The van der Waals surface area contributed by atoms with Crippen LogP contribution < -0.4 is 0 Å². The van der Waals surface area contributed by atoms with Crippen LogP contribution in [0.25, 0.3) is 54.6 Å². The van der Waals surface area contributed by atoms with E-state index in [-0.39, 0.29) is 0 Å². The monoisotopic (exact) mass is 474 g/mol. The number of hydrogen-bond acceptors (Lipinski definition) is 0. The molecule has 0 saturated heterocycles. The first-order valence-electron chi connectivity index (χ1n) is 12.0. The number of benzene rings is 6. The summed E-state index contributed by atoms with van der Waals surface area (Å²) in [6, 6.07) is 35.4. The Labute approximate surface area is 206 Å². The van der Waals surface area contributed by atoms with Gasteiger partial charge in [0.1, 0.15) is 5.41 Å². The van der Waals surface area contributed by atoms with E-state index in [1.807, 2.05) is 30.3 Å². The topological polar surface area (TPSA) is 0 Å². The van der Waals surface area contributed by atoms with Crippen molar-refractivity contribution in [2.45, 2.75) is 18.5 Å². The Morgan fingerprint density at radius 1 is 0.528 bits per heavy atom. The van der Waals surface area contributed by atoms with Gasteiger partial charge in [0.2, 0.25) is 0 Å². The van der Waals surface area contributed by atoms with Crippen molar-refractivity contribution in [3.8, 4) is 22.3 Å². The average Bonchev–Trinajstić information content (AvgIpc) is 3.17. The van der Waals surface area contributed by atoms with Gasteiger partial charge in [-0.3, -0.25) is 0 Å². The second kappa shape index (κ2) is 7.20. The second-order valence-corrected chi connectivity index (χ2v) is 9.81. The molecule has 0 heterocycles. The lowest BCUT2D eigenvalue weighted by Crippen LogP contribution is -2.38. The van der Waals surface area contributed by atoms with Crippen molar-refractivity contribution in [2.75, 3.05) is 0 Å². The largest absolute Gasteiger partial charge is 0.402 e. The summed E-state index contributed by atoms with van der Waals surface area (Å²) in [4.78, 5) is 0. The predicted molar refractivity (Wildman–Crippen MR) is 142 cm³/mol. The molecule has 1 aliphatic rings. The van der Waals surface area contributed by atoms with Crippen LogP contribution in [0.3, 0.4) is 0 Å². The van der Waals surface area contributed by atoms with Crippen LogP contribution >= 0.6 is 0 Å². The Balaban J connectivity index is 1.48. The maximum absolute atomic E-state index is 14.6. The van der Waals surface area contributed by atoms with Gasteiger partial charge in [0.25, 0.3) is 0 Å². The van der Waals surface area contributed by atoms with Crippen LogP contribution in [-0.4, -0.2) is 6.18 Å². The molecule has 3 heteroatoms. The summed E-state index contributed by atoms with van der Waals surface area (Å²) in [5.41, 5.74) is 1.61. The number of fused-ring (bicyclic) bond motifs is 8. The van der Waals surface area contributed by atoms with E-state index in [0.717, 1.165) is 27.3 Å². The quantitative estimate of drug-likeness (QED) is 0.208. The van der Waals surface area contributed by atoms with Gasteiger partial charge in [0.05, 0.1) is 0 Å². The molecule has 1 aliphatic carbocycles. The zero-order valence-corrected chi connectivity index (χ0v) is 19.5. The SMILES string of the molecule is CC1(C(F)(F)F)c2ccccc2-c2ccc(-c3ccc4ccc5ccc6ccccc6c5c4c3)cc21. The predicted octanol–water partition coefficient (Wildman–Crippen LogP) is 9.66. The van der Waals surface area contributed by atoms with Gasteiger partial charge in [0.15, 0.2) is 0 Å². The molecule has 0 saturated carbocycles. The van der Waals surface area contributed by atoms with Crippen LogP contribution in [0, 0.1) is 0 Å². The van der Waals surface area contributed by atoms with E-state index < -0.39 is 11.6 Å². The first-order chi connectivity index (χ1) is 17.4. The maximum atomic E-state index is 14.6. The fourth-order valence-corrected chi connectivity index (χ4v) is 5.98. The average molecular weight is 475 g/mol. The minimum atomic E-state index is -4.41. The second-order valence-electron chi connectivity index (χ2n) is 9.81. The molecule has 0 spiro atoms. The van der Waals surface area contributed by atoms with Crippen molar-refractivity contribution in [3.05, 3.63) is 120 Å². The molecule has 1 atom stereocenters. The molecule has 1 unspecified atom stereocenters. The summed E-state index contributed by atoms with van der Waals surface area (Å²) in [5.74, 6) is 0. The van der Waals surface area contributed by atoms with E-state index >= 15 is 0 Å². The molecule has 7 rings (SSSR count). The lowest BCUT2D eigenvalue weighted by atomic mass is 9.78. The Bertz CT molecular complexity index is 1840. The number of halogens is 3. The van der Waals surface area contributed by atoms with Crippen molar-refractivity contribution >= 4 is 32.3 Å². The van der Waals surface area contributed by atoms with Crippen molar-refractivity contribution in [2.24, 2.45) is 0 Å². The molecule has 6 aromatic carbocycles. The molecule has 0 aliphatic heterocycles. The molecule has 0 fully saturated rings. The Kier molecular flexibility index (Phi) is 4.24. The summed E-state index contributed by atoms with van der Waals surface area (Å²) in [6.45, 7) is 1.31.